The molecule has 1 radical (unpaired) electrons. The lowest BCUT2D eigenvalue weighted by Gasteiger charge is -2.16. The fraction of sp³-hybridized carbons (Fsp3) is 0.318. The van der Waals surface area contributed by atoms with Crippen molar-refractivity contribution in [3.05, 3.63) is 77.5 Å². The van der Waals surface area contributed by atoms with Gasteiger partial charge in [-0.3, -0.25) is 0 Å². The van der Waals surface area contributed by atoms with Gasteiger partial charge in [-0.2, -0.15) is 0 Å². The van der Waals surface area contributed by atoms with Crippen LogP contribution in [0.4, 0.5) is 0 Å². The number of hydrogen-bond acceptors (Lipinski definition) is 4. The van der Waals surface area contributed by atoms with Crippen molar-refractivity contribution in [1.82, 2.24) is 4.72 Å². The fourth-order valence-electron chi connectivity index (χ4n) is 3.71. The molecule has 0 spiro atoms. The maximum absolute atomic E-state index is 12.7. The SMILES string of the molecule is Cc1ccc(C2CCCO2)c(CS(=O)(=O)N[CH]Cc2coc3ccccc23)c1. The van der Waals surface area contributed by atoms with Crippen LogP contribution in [0, 0.1) is 13.5 Å². The Morgan fingerprint density at radius 1 is 1.18 bits per heavy atom. The van der Waals surface area contributed by atoms with Gasteiger partial charge < -0.3 is 9.15 Å². The molecule has 1 unspecified atom stereocenters. The molecule has 1 aromatic heterocycles. The Balaban J connectivity index is 1.44. The number of nitrogens with one attached hydrogen (secondary N) is 1. The summed E-state index contributed by atoms with van der Waals surface area (Å²) < 4.78 is 39.2. The summed E-state index contributed by atoms with van der Waals surface area (Å²) in [6, 6.07) is 13.7. The van der Waals surface area contributed by atoms with Crippen LogP contribution in [-0.4, -0.2) is 15.0 Å². The fourth-order valence-corrected chi connectivity index (χ4v) is 4.79. The van der Waals surface area contributed by atoms with Gasteiger partial charge in [-0.15, -0.1) is 0 Å². The minimum atomic E-state index is -3.50. The summed E-state index contributed by atoms with van der Waals surface area (Å²) in [6.45, 7) is 4.28. The highest BCUT2D eigenvalue weighted by atomic mass is 32.2. The molecule has 0 bridgehead atoms. The van der Waals surface area contributed by atoms with E-state index in [1.165, 1.54) is 0 Å². The maximum atomic E-state index is 12.7. The molecule has 3 aromatic rings. The van der Waals surface area contributed by atoms with E-state index in [4.69, 9.17) is 9.15 Å². The molecule has 28 heavy (non-hydrogen) atoms. The van der Waals surface area contributed by atoms with E-state index in [-0.39, 0.29) is 11.9 Å². The Morgan fingerprint density at radius 2 is 2.04 bits per heavy atom. The molecule has 6 heteroatoms. The van der Waals surface area contributed by atoms with Crippen molar-refractivity contribution in [2.24, 2.45) is 0 Å². The molecular formula is C22H24NO4S. The Bertz CT molecular complexity index is 1070. The number of aryl methyl sites for hydroxylation is 1. The summed E-state index contributed by atoms with van der Waals surface area (Å²) in [6.07, 6.45) is 4.07. The summed E-state index contributed by atoms with van der Waals surface area (Å²) in [5.74, 6) is -0.0630. The average molecular weight is 399 g/mol. The quantitative estimate of drug-likeness (QED) is 0.640. The summed E-state index contributed by atoms with van der Waals surface area (Å²) >= 11 is 0. The highest BCUT2D eigenvalue weighted by molar-refractivity contribution is 7.88. The summed E-state index contributed by atoms with van der Waals surface area (Å²) in [7, 11) is -3.50. The summed E-state index contributed by atoms with van der Waals surface area (Å²) in [5, 5.41) is 0.998. The number of sulfonamides is 1. The van der Waals surface area contributed by atoms with Crippen molar-refractivity contribution >= 4 is 21.0 Å². The first kappa shape index (κ1) is 19.2. The van der Waals surface area contributed by atoms with Gasteiger partial charge in [0, 0.05) is 18.5 Å². The molecule has 1 aliphatic rings. The average Bonchev–Trinajstić information content (AvgIpc) is 3.32. The Kier molecular flexibility index (Phi) is 5.53. The molecule has 147 valence electrons. The maximum Gasteiger partial charge on any atom is 0.216 e. The predicted molar refractivity (Wildman–Crippen MR) is 109 cm³/mol. The van der Waals surface area contributed by atoms with Crippen molar-refractivity contribution in [3.63, 3.8) is 0 Å². The van der Waals surface area contributed by atoms with Crippen LogP contribution in [0.1, 0.15) is 41.2 Å². The third-order valence-electron chi connectivity index (χ3n) is 5.07. The van der Waals surface area contributed by atoms with Gasteiger partial charge >= 0.3 is 0 Å². The molecule has 4 rings (SSSR count). The molecule has 5 nitrogen and oxygen atoms in total. The largest absolute Gasteiger partial charge is 0.464 e. The van der Waals surface area contributed by atoms with Crippen molar-refractivity contribution in [3.8, 4) is 0 Å². The highest BCUT2D eigenvalue weighted by Gasteiger charge is 2.23. The van der Waals surface area contributed by atoms with E-state index in [0.717, 1.165) is 52.7 Å². The molecule has 1 atom stereocenters. The molecular weight excluding hydrogens is 374 g/mol. The molecule has 2 aromatic carbocycles. The van der Waals surface area contributed by atoms with E-state index < -0.39 is 10.0 Å². The van der Waals surface area contributed by atoms with E-state index in [1.807, 2.05) is 49.4 Å². The zero-order chi connectivity index (χ0) is 19.6. The third-order valence-corrected chi connectivity index (χ3v) is 6.28. The standard InChI is InChI=1S/C22H24NO4S/c1-16-8-9-20(21-7-4-12-26-21)18(13-16)15-28(24,25)23-11-10-17-14-27-22-6-3-2-5-19(17)22/h2-3,5-6,8-9,11,13-14,21,23H,4,7,10,12,15H2,1H3. The monoisotopic (exact) mass is 398 g/mol. The smallest absolute Gasteiger partial charge is 0.216 e. The van der Waals surface area contributed by atoms with Crippen molar-refractivity contribution in [2.45, 2.75) is 38.0 Å². The number of fused-ring (bicyclic) bond motifs is 1. The lowest BCUT2D eigenvalue weighted by atomic mass is 9.99. The van der Waals surface area contributed by atoms with Crippen LogP contribution >= 0.6 is 0 Å². The topological polar surface area (TPSA) is 68.5 Å². The van der Waals surface area contributed by atoms with Crippen LogP contribution in [0.3, 0.4) is 0 Å². The van der Waals surface area contributed by atoms with E-state index in [1.54, 1.807) is 12.8 Å². The van der Waals surface area contributed by atoms with Gasteiger partial charge in [0.2, 0.25) is 10.0 Å². The van der Waals surface area contributed by atoms with Crippen LogP contribution in [-0.2, 0) is 26.9 Å². The second-order valence-electron chi connectivity index (χ2n) is 7.25. The normalized spacial score (nSPS) is 17.4. The van der Waals surface area contributed by atoms with Gasteiger partial charge in [0.1, 0.15) is 5.58 Å². The number of hydrogen-bond donors (Lipinski definition) is 1. The van der Waals surface area contributed by atoms with Crippen molar-refractivity contribution < 1.29 is 17.6 Å². The van der Waals surface area contributed by atoms with E-state index in [0.29, 0.717) is 6.42 Å². The number of furan rings is 1. The van der Waals surface area contributed by atoms with Crippen LogP contribution in [0.15, 0.2) is 53.1 Å². The van der Waals surface area contributed by atoms with Crippen LogP contribution in [0.5, 0.6) is 0 Å². The molecule has 2 heterocycles. The van der Waals surface area contributed by atoms with E-state index in [2.05, 4.69) is 4.72 Å². The summed E-state index contributed by atoms with van der Waals surface area (Å²) in [5.41, 5.74) is 4.58. The number of para-hydroxylation sites is 1. The van der Waals surface area contributed by atoms with Crippen LogP contribution in [0.25, 0.3) is 11.0 Å². The van der Waals surface area contributed by atoms with E-state index in [9.17, 15) is 8.42 Å². The molecule has 1 N–H and O–H groups in total. The first-order chi connectivity index (χ1) is 13.5. The van der Waals surface area contributed by atoms with Gasteiger partial charge in [-0.25, -0.2) is 13.1 Å². The minimum absolute atomic E-state index is 0.00734. The molecule has 0 saturated carbocycles. The Morgan fingerprint density at radius 3 is 2.86 bits per heavy atom. The molecule has 1 aliphatic heterocycles. The first-order valence-corrected chi connectivity index (χ1v) is 11.1. The third kappa shape index (κ3) is 4.29. The van der Waals surface area contributed by atoms with Crippen LogP contribution in [0.2, 0.25) is 0 Å². The van der Waals surface area contributed by atoms with Crippen molar-refractivity contribution in [1.29, 1.82) is 0 Å². The predicted octanol–water partition coefficient (Wildman–Crippen LogP) is 4.42. The minimum Gasteiger partial charge on any atom is -0.464 e. The van der Waals surface area contributed by atoms with Gasteiger partial charge in [0.05, 0.1) is 18.1 Å². The lowest BCUT2D eigenvalue weighted by Crippen LogP contribution is -2.24. The molecule has 1 fully saturated rings. The molecule has 0 aliphatic carbocycles. The summed E-state index contributed by atoms with van der Waals surface area (Å²) in [4.78, 5) is 0. The Labute approximate surface area is 165 Å². The van der Waals surface area contributed by atoms with Gasteiger partial charge in [-0.1, -0.05) is 42.0 Å². The van der Waals surface area contributed by atoms with Gasteiger partial charge in [0.25, 0.3) is 0 Å². The van der Waals surface area contributed by atoms with Crippen LogP contribution < -0.4 is 4.72 Å². The van der Waals surface area contributed by atoms with Crippen molar-refractivity contribution in [2.75, 3.05) is 6.61 Å². The van der Waals surface area contributed by atoms with E-state index >= 15 is 0 Å². The second-order valence-corrected chi connectivity index (χ2v) is 9.00. The number of benzene rings is 2. The number of ether oxygens (including phenoxy) is 1. The highest BCUT2D eigenvalue weighted by Crippen LogP contribution is 2.32. The zero-order valence-electron chi connectivity index (χ0n) is 15.9. The second kappa shape index (κ2) is 8.07. The van der Waals surface area contributed by atoms with Gasteiger partial charge in [0.15, 0.2) is 0 Å². The Hall–Kier alpha value is -2.15. The molecule has 1 saturated heterocycles. The lowest BCUT2D eigenvalue weighted by molar-refractivity contribution is 0.111. The molecule has 0 amide bonds. The number of rotatable bonds is 7. The van der Waals surface area contributed by atoms with Gasteiger partial charge in [-0.05, 0) is 48.9 Å². The first-order valence-electron chi connectivity index (χ1n) is 9.50. The zero-order valence-corrected chi connectivity index (χ0v) is 16.7.